The van der Waals surface area contributed by atoms with Gasteiger partial charge in [0.25, 0.3) is 0 Å². The van der Waals surface area contributed by atoms with Crippen LogP contribution < -0.4 is 10.6 Å². The van der Waals surface area contributed by atoms with Crippen molar-refractivity contribution in [3.05, 3.63) is 16.1 Å². The van der Waals surface area contributed by atoms with E-state index in [0.717, 1.165) is 24.4 Å². The highest BCUT2D eigenvalue weighted by molar-refractivity contribution is 7.11. The Morgan fingerprint density at radius 2 is 2.29 bits per heavy atom. The van der Waals surface area contributed by atoms with Gasteiger partial charge in [0.05, 0.1) is 12.6 Å². The van der Waals surface area contributed by atoms with E-state index >= 15 is 0 Å². The molecule has 0 aliphatic heterocycles. The van der Waals surface area contributed by atoms with E-state index in [0.29, 0.717) is 6.54 Å². The first kappa shape index (κ1) is 14.1. The van der Waals surface area contributed by atoms with Crippen molar-refractivity contribution in [1.82, 2.24) is 15.6 Å². The maximum atomic E-state index is 11.6. The van der Waals surface area contributed by atoms with Crippen molar-refractivity contribution in [2.24, 2.45) is 0 Å². The second-order valence-corrected chi connectivity index (χ2v) is 5.13. The molecular formula is C12H21N3OS. The number of hydrogen-bond acceptors (Lipinski definition) is 4. The molecule has 1 heterocycles. The molecule has 96 valence electrons. The van der Waals surface area contributed by atoms with Gasteiger partial charge in [-0.3, -0.25) is 4.79 Å². The van der Waals surface area contributed by atoms with Crippen LogP contribution >= 0.6 is 11.3 Å². The zero-order valence-corrected chi connectivity index (χ0v) is 11.6. The smallest absolute Gasteiger partial charge is 0.234 e. The van der Waals surface area contributed by atoms with E-state index in [1.165, 1.54) is 4.88 Å². The topological polar surface area (TPSA) is 54.0 Å². The molecule has 1 atom stereocenters. The van der Waals surface area contributed by atoms with Crippen LogP contribution in [0.25, 0.3) is 0 Å². The number of carbonyl (C=O) groups is 1. The highest BCUT2D eigenvalue weighted by atomic mass is 32.1. The number of amides is 1. The van der Waals surface area contributed by atoms with Gasteiger partial charge < -0.3 is 10.6 Å². The highest BCUT2D eigenvalue weighted by Crippen LogP contribution is 2.19. The summed E-state index contributed by atoms with van der Waals surface area (Å²) in [5.74, 6) is 0.0270. The third-order valence-electron chi connectivity index (χ3n) is 2.38. The Labute approximate surface area is 107 Å². The van der Waals surface area contributed by atoms with Gasteiger partial charge in [-0.2, -0.15) is 0 Å². The third-order valence-corrected chi connectivity index (χ3v) is 3.70. The average Bonchev–Trinajstić information content (AvgIpc) is 2.78. The Kier molecular flexibility index (Phi) is 6.15. The van der Waals surface area contributed by atoms with E-state index in [9.17, 15) is 4.79 Å². The second-order valence-electron chi connectivity index (χ2n) is 3.98. The van der Waals surface area contributed by atoms with E-state index in [1.807, 2.05) is 13.1 Å². The molecule has 0 radical (unpaired) electrons. The maximum absolute atomic E-state index is 11.6. The SMILES string of the molecule is CCCNCC(=O)NC(C)c1ncc(CC)s1. The second kappa shape index (κ2) is 7.40. The summed E-state index contributed by atoms with van der Waals surface area (Å²) in [6.07, 6.45) is 3.92. The van der Waals surface area contributed by atoms with Crippen LogP contribution in [0.1, 0.15) is 43.1 Å². The molecule has 4 nitrogen and oxygen atoms in total. The van der Waals surface area contributed by atoms with Crippen molar-refractivity contribution in [1.29, 1.82) is 0 Å². The number of aryl methyl sites for hydroxylation is 1. The van der Waals surface area contributed by atoms with Gasteiger partial charge in [-0.1, -0.05) is 13.8 Å². The van der Waals surface area contributed by atoms with E-state index in [-0.39, 0.29) is 11.9 Å². The summed E-state index contributed by atoms with van der Waals surface area (Å²) in [4.78, 5) is 17.2. The van der Waals surface area contributed by atoms with Crippen molar-refractivity contribution in [3.8, 4) is 0 Å². The molecule has 0 spiro atoms. The van der Waals surface area contributed by atoms with Gasteiger partial charge in [0.15, 0.2) is 0 Å². The predicted molar refractivity (Wildman–Crippen MR) is 71.2 cm³/mol. The first-order chi connectivity index (χ1) is 8.17. The number of hydrogen-bond donors (Lipinski definition) is 2. The summed E-state index contributed by atoms with van der Waals surface area (Å²) < 4.78 is 0. The quantitative estimate of drug-likeness (QED) is 0.732. The lowest BCUT2D eigenvalue weighted by molar-refractivity contribution is -0.120. The van der Waals surface area contributed by atoms with Gasteiger partial charge in [-0.25, -0.2) is 4.98 Å². The van der Waals surface area contributed by atoms with Crippen molar-refractivity contribution in [2.45, 2.75) is 39.7 Å². The number of rotatable bonds is 7. The van der Waals surface area contributed by atoms with Gasteiger partial charge in [-0.15, -0.1) is 11.3 Å². The molecule has 1 amide bonds. The summed E-state index contributed by atoms with van der Waals surface area (Å²) >= 11 is 1.67. The first-order valence-electron chi connectivity index (χ1n) is 6.12. The van der Waals surface area contributed by atoms with Crippen LogP contribution in [0.2, 0.25) is 0 Å². The minimum Gasteiger partial charge on any atom is -0.346 e. The minimum atomic E-state index is -0.00349. The van der Waals surface area contributed by atoms with Crippen molar-refractivity contribution in [3.63, 3.8) is 0 Å². The standard InChI is InChI=1S/C12H21N3OS/c1-4-6-13-8-11(16)15-9(3)12-14-7-10(5-2)17-12/h7,9,13H,4-6,8H2,1-3H3,(H,15,16). The summed E-state index contributed by atoms with van der Waals surface area (Å²) in [6.45, 7) is 7.41. The largest absolute Gasteiger partial charge is 0.346 e. The summed E-state index contributed by atoms with van der Waals surface area (Å²) in [7, 11) is 0. The fourth-order valence-electron chi connectivity index (χ4n) is 1.42. The average molecular weight is 255 g/mol. The Hall–Kier alpha value is -0.940. The van der Waals surface area contributed by atoms with Crippen LogP contribution in [-0.2, 0) is 11.2 Å². The van der Waals surface area contributed by atoms with Gasteiger partial charge in [-0.05, 0) is 26.3 Å². The lowest BCUT2D eigenvalue weighted by atomic mass is 10.3. The van der Waals surface area contributed by atoms with Crippen LogP contribution in [0.15, 0.2) is 6.20 Å². The van der Waals surface area contributed by atoms with E-state index in [2.05, 4.69) is 29.5 Å². The Bertz CT molecular complexity index is 351. The molecule has 0 aliphatic rings. The molecule has 1 unspecified atom stereocenters. The minimum absolute atomic E-state index is 0.00349. The first-order valence-corrected chi connectivity index (χ1v) is 6.93. The molecule has 2 N–H and O–H groups in total. The molecule has 0 fully saturated rings. The highest BCUT2D eigenvalue weighted by Gasteiger charge is 2.12. The van der Waals surface area contributed by atoms with Crippen LogP contribution in [0.4, 0.5) is 0 Å². The molecule has 0 aliphatic carbocycles. The lowest BCUT2D eigenvalue weighted by Gasteiger charge is -2.11. The Balaban J connectivity index is 2.37. The maximum Gasteiger partial charge on any atom is 0.234 e. The number of aromatic nitrogens is 1. The van der Waals surface area contributed by atoms with E-state index < -0.39 is 0 Å². The molecule has 1 aromatic heterocycles. The number of carbonyl (C=O) groups excluding carboxylic acids is 1. The molecule has 1 rings (SSSR count). The molecule has 1 aromatic rings. The third kappa shape index (κ3) is 4.83. The van der Waals surface area contributed by atoms with Gasteiger partial charge in [0.2, 0.25) is 5.91 Å². The Morgan fingerprint density at radius 3 is 2.88 bits per heavy atom. The number of nitrogens with one attached hydrogen (secondary N) is 2. The molecule has 0 aromatic carbocycles. The molecule has 0 bridgehead atoms. The van der Waals surface area contributed by atoms with Crippen molar-refractivity contribution in [2.75, 3.05) is 13.1 Å². The monoisotopic (exact) mass is 255 g/mol. The summed E-state index contributed by atoms with van der Waals surface area (Å²) in [5.41, 5.74) is 0. The molecule has 0 saturated carbocycles. The van der Waals surface area contributed by atoms with Crippen LogP contribution in [0, 0.1) is 0 Å². The number of thiazole rings is 1. The lowest BCUT2D eigenvalue weighted by Crippen LogP contribution is -2.35. The molecule has 17 heavy (non-hydrogen) atoms. The van der Waals surface area contributed by atoms with E-state index in [1.54, 1.807) is 11.3 Å². The van der Waals surface area contributed by atoms with Crippen molar-refractivity contribution >= 4 is 17.2 Å². The normalized spacial score (nSPS) is 12.4. The summed E-state index contributed by atoms with van der Waals surface area (Å²) in [5, 5.41) is 7.00. The number of nitrogens with zero attached hydrogens (tertiary/aromatic N) is 1. The predicted octanol–water partition coefficient (Wildman–Crippen LogP) is 1.88. The van der Waals surface area contributed by atoms with Crippen molar-refractivity contribution < 1.29 is 4.79 Å². The molecule has 5 heteroatoms. The van der Waals surface area contributed by atoms with Gasteiger partial charge >= 0.3 is 0 Å². The fraction of sp³-hybridized carbons (Fsp3) is 0.667. The van der Waals surface area contributed by atoms with Gasteiger partial charge in [0.1, 0.15) is 5.01 Å². The zero-order valence-electron chi connectivity index (χ0n) is 10.7. The van der Waals surface area contributed by atoms with Crippen LogP contribution in [0.5, 0.6) is 0 Å². The van der Waals surface area contributed by atoms with Gasteiger partial charge in [0, 0.05) is 11.1 Å². The van der Waals surface area contributed by atoms with E-state index in [4.69, 9.17) is 0 Å². The molecule has 0 saturated heterocycles. The Morgan fingerprint density at radius 1 is 1.53 bits per heavy atom. The summed E-state index contributed by atoms with van der Waals surface area (Å²) in [6, 6.07) is -0.00349. The van der Waals surface area contributed by atoms with Crippen LogP contribution in [-0.4, -0.2) is 24.0 Å². The molecular weight excluding hydrogens is 234 g/mol. The fourth-order valence-corrected chi connectivity index (χ4v) is 2.28. The zero-order chi connectivity index (χ0) is 12.7. The van der Waals surface area contributed by atoms with Crippen LogP contribution in [0.3, 0.4) is 0 Å².